The van der Waals surface area contributed by atoms with Crippen LogP contribution >= 0.6 is 11.3 Å². The van der Waals surface area contributed by atoms with Crippen molar-refractivity contribution in [1.82, 2.24) is 14.9 Å². The number of alkyl halides is 6. The number of anilines is 2. The number of hydrogen-bond acceptors (Lipinski definition) is 4. The van der Waals surface area contributed by atoms with Gasteiger partial charge >= 0.3 is 12.4 Å². The maximum absolute atomic E-state index is 12.8. The molecule has 2 N–H and O–H groups in total. The van der Waals surface area contributed by atoms with Gasteiger partial charge in [0.1, 0.15) is 13.1 Å². The minimum atomic E-state index is -4.97. The van der Waals surface area contributed by atoms with Crippen LogP contribution in [-0.2, 0) is 0 Å². The predicted octanol–water partition coefficient (Wildman–Crippen LogP) is 6.40. The van der Waals surface area contributed by atoms with Crippen LogP contribution in [-0.4, -0.2) is 46.2 Å². The number of aromatic nitrogens is 2. The Bertz CT molecular complexity index is 1310. The number of pyridine rings is 1. The topological polar surface area (TPSA) is 61.0 Å². The van der Waals surface area contributed by atoms with Crippen molar-refractivity contribution in [1.29, 1.82) is 0 Å². The normalized spacial score (nSPS) is 12.5. The first-order valence-corrected chi connectivity index (χ1v) is 10.4. The molecule has 0 aliphatic carbocycles. The summed E-state index contributed by atoms with van der Waals surface area (Å²) >= 11 is 0.782. The largest absolute Gasteiger partial charge is 0.406 e. The molecule has 3 aromatic heterocycles. The number of amides is 1. The zero-order valence-corrected chi connectivity index (χ0v) is 17.8. The molecule has 0 radical (unpaired) electrons. The van der Waals surface area contributed by atoms with Crippen molar-refractivity contribution in [3.8, 4) is 0 Å². The first-order valence-electron chi connectivity index (χ1n) is 9.56. The van der Waals surface area contributed by atoms with Gasteiger partial charge in [0.2, 0.25) is 0 Å². The van der Waals surface area contributed by atoms with Crippen LogP contribution in [0.3, 0.4) is 0 Å². The molecule has 0 saturated heterocycles. The van der Waals surface area contributed by atoms with E-state index in [1.54, 1.807) is 6.07 Å². The summed E-state index contributed by atoms with van der Waals surface area (Å²) in [6, 6.07) is 10.4. The number of carbonyl (C=O) groups excluding carboxylic acids is 1. The number of aromatic amines is 1. The minimum Gasteiger partial charge on any atom is -0.359 e. The maximum Gasteiger partial charge on any atom is 0.406 e. The lowest BCUT2D eigenvalue weighted by Gasteiger charge is -2.24. The van der Waals surface area contributed by atoms with Gasteiger partial charge in [0, 0.05) is 28.5 Å². The fourth-order valence-electron chi connectivity index (χ4n) is 3.44. The summed E-state index contributed by atoms with van der Waals surface area (Å²) in [5.74, 6) is -1.36. The molecule has 0 saturated carbocycles. The molecule has 4 rings (SSSR count). The van der Waals surface area contributed by atoms with Crippen LogP contribution in [0, 0.1) is 6.92 Å². The molecule has 4 aromatic rings. The smallest absolute Gasteiger partial charge is 0.359 e. The van der Waals surface area contributed by atoms with Crippen molar-refractivity contribution in [3.05, 3.63) is 53.2 Å². The van der Waals surface area contributed by atoms with Gasteiger partial charge in [-0.15, -0.1) is 11.3 Å². The quantitative estimate of drug-likeness (QED) is 0.321. The Morgan fingerprint density at radius 1 is 1.06 bits per heavy atom. The second-order valence-corrected chi connectivity index (χ2v) is 8.51. The van der Waals surface area contributed by atoms with Crippen LogP contribution in [0.2, 0.25) is 0 Å². The standard InChI is InChI=1S/C21H16F6N4OS/c1-11-6-12-7-13(2-3-14(12)29-11)30-15-4-5-28-16-8-17(33-18(15)16)19(32)31(9-20(22,23)24)10-21(25,26)27/h2-8,29H,9-10H2,1H3,(H,28,30). The van der Waals surface area contributed by atoms with Gasteiger partial charge in [0.05, 0.1) is 20.8 Å². The van der Waals surface area contributed by atoms with Gasteiger partial charge in [-0.1, -0.05) is 0 Å². The molecular weight excluding hydrogens is 470 g/mol. The van der Waals surface area contributed by atoms with Crippen LogP contribution in [0.4, 0.5) is 37.7 Å². The van der Waals surface area contributed by atoms with E-state index in [1.165, 1.54) is 12.3 Å². The summed E-state index contributed by atoms with van der Waals surface area (Å²) in [5, 5.41) is 4.14. The summed E-state index contributed by atoms with van der Waals surface area (Å²) in [6.07, 6.45) is -8.51. The molecule has 12 heteroatoms. The number of nitrogens with one attached hydrogen (secondary N) is 2. The Hall–Kier alpha value is -3.28. The van der Waals surface area contributed by atoms with E-state index in [2.05, 4.69) is 15.3 Å². The van der Waals surface area contributed by atoms with Gasteiger partial charge in [-0.3, -0.25) is 9.78 Å². The summed E-state index contributed by atoms with van der Waals surface area (Å²) < 4.78 is 77.2. The molecule has 0 bridgehead atoms. The molecular formula is C21H16F6N4OS. The fraction of sp³-hybridized carbons (Fsp3) is 0.238. The average molecular weight is 486 g/mol. The van der Waals surface area contributed by atoms with Gasteiger partial charge in [-0.25, -0.2) is 0 Å². The number of nitrogens with zero attached hydrogens (tertiary/aromatic N) is 2. The van der Waals surface area contributed by atoms with Crippen molar-refractivity contribution in [2.45, 2.75) is 19.3 Å². The number of rotatable bonds is 5. The Morgan fingerprint density at radius 2 is 1.76 bits per heavy atom. The molecule has 174 valence electrons. The summed E-state index contributed by atoms with van der Waals surface area (Å²) in [6.45, 7) is -2.09. The number of benzene rings is 1. The van der Waals surface area contributed by atoms with E-state index in [-0.39, 0.29) is 15.3 Å². The summed E-state index contributed by atoms with van der Waals surface area (Å²) in [4.78, 5) is 19.4. The van der Waals surface area contributed by atoms with Crippen LogP contribution < -0.4 is 5.32 Å². The molecule has 0 unspecified atom stereocenters. The van der Waals surface area contributed by atoms with E-state index < -0.39 is 31.3 Å². The number of carbonyl (C=O) groups is 1. The van der Waals surface area contributed by atoms with Gasteiger partial charge in [0.25, 0.3) is 5.91 Å². The average Bonchev–Trinajstić information content (AvgIpc) is 3.27. The number of halogens is 6. The molecule has 0 spiro atoms. The lowest BCUT2D eigenvalue weighted by atomic mass is 10.2. The SMILES string of the molecule is Cc1cc2cc(Nc3ccnc4cc(C(=O)N(CC(F)(F)F)CC(F)(F)F)sc34)ccc2[nH]1. The first kappa shape index (κ1) is 22.9. The first-order chi connectivity index (χ1) is 15.4. The highest BCUT2D eigenvalue weighted by molar-refractivity contribution is 7.21. The van der Waals surface area contributed by atoms with Crippen LogP contribution in [0.25, 0.3) is 21.1 Å². The van der Waals surface area contributed by atoms with Crippen molar-refractivity contribution >= 4 is 49.7 Å². The highest BCUT2D eigenvalue weighted by Crippen LogP contribution is 2.34. The van der Waals surface area contributed by atoms with Gasteiger partial charge < -0.3 is 15.2 Å². The predicted molar refractivity (Wildman–Crippen MR) is 114 cm³/mol. The van der Waals surface area contributed by atoms with Gasteiger partial charge in [-0.05, 0) is 43.3 Å². The van der Waals surface area contributed by atoms with E-state index in [1.807, 2.05) is 31.2 Å². The minimum absolute atomic E-state index is 0.250. The molecule has 0 aliphatic heterocycles. The lowest BCUT2D eigenvalue weighted by Crippen LogP contribution is -2.44. The van der Waals surface area contributed by atoms with E-state index in [0.717, 1.165) is 27.9 Å². The van der Waals surface area contributed by atoms with Gasteiger partial charge in [-0.2, -0.15) is 26.3 Å². The molecule has 3 heterocycles. The van der Waals surface area contributed by atoms with Crippen molar-refractivity contribution in [2.24, 2.45) is 0 Å². The van der Waals surface area contributed by atoms with E-state index >= 15 is 0 Å². The molecule has 0 aliphatic rings. The third-order valence-corrected chi connectivity index (χ3v) is 5.83. The molecule has 33 heavy (non-hydrogen) atoms. The van der Waals surface area contributed by atoms with Crippen molar-refractivity contribution in [3.63, 3.8) is 0 Å². The zero-order chi connectivity index (χ0) is 24.0. The Kier molecular flexibility index (Phi) is 5.72. The van der Waals surface area contributed by atoms with Gasteiger partial charge in [0.15, 0.2) is 0 Å². The summed E-state index contributed by atoms with van der Waals surface area (Å²) in [5.41, 5.74) is 3.44. The highest BCUT2D eigenvalue weighted by atomic mass is 32.1. The Morgan fingerprint density at radius 3 is 2.42 bits per heavy atom. The highest BCUT2D eigenvalue weighted by Gasteiger charge is 2.40. The number of H-pyrrole nitrogens is 1. The second-order valence-electron chi connectivity index (χ2n) is 7.45. The molecule has 1 aromatic carbocycles. The molecule has 0 atom stereocenters. The number of thiophene rings is 1. The Labute approximate surface area is 187 Å². The number of aryl methyl sites for hydroxylation is 1. The van der Waals surface area contributed by atoms with E-state index in [4.69, 9.17) is 0 Å². The number of hydrogen-bond donors (Lipinski definition) is 2. The number of fused-ring (bicyclic) bond motifs is 2. The van der Waals surface area contributed by atoms with Crippen LogP contribution in [0.15, 0.2) is 42.6 Å². The molecule has 0 fully saturated rings. The fourth-order valence-corrected chi connectivity index (χ4v) is 4.49. The summed E-state index contributed by atoms with van der Waals surface area (Å²) in [7, 11) is 0. The van der Waals surface area contributed by atoms with E-state index in [0.29, 0.717) is 16.1 Å². The molecule has 1 amide bonds. The second kappa shape index (κ2) is 8.25. The maximum atomic E-state index is 12.8. The monoisotopic (exact) mass is 486 g/mol. The molecule has 5 nitrogen and oxygen atoms in total. The lowest BCUT2D eigenvalue weighted by molar-refractivity contribution is -0.171. The Balaban J connectivity index is 1.65. The third-order valence-electron chi connectivity index (χ3n) is 4.68. The zero-order valence-electron chi connectivity index (χ0n) is 16.9. The van der Waals surface area contributed by atoms with Crippen LogP contribution in [0.5, 0.6) is 0 Å². The third kappa shape index (κ3) is 5.38. The van der Waals surface area contributed by atoms with Crippen molar-refractivity contribution in [2.75, 3.05) is 18.4 Å². The van der Waals surface area contributed by atoms with Crippen LogP contribution in [0.1, 0.15) is 15.4 Å². The van der Waals surface area contributed by atoms with Crippen molar-refractivity contribution < 1.29 is 31.1 Å². The van der Waals surface area contributed by atoms with E-state index in [9.17, 15) is 31.1 Å².